The van der Waals surface area contributed by atoms with Crippen LogP contribution in [-0.2, 0) is 6.42 Å². The van der Waals surface area contributed by atoms with Gasteiger partial charge in [-0.1, -0.05) is 6.07 Å². The highest BCUT2D eigenvalue weighted by atomic mass is 79.9. The molecular weight excluding hydrogens is 258 g/mol. The molecular formula is C11H8BrNO2. The van der Waals surface area contributed by atoms with Gasteiger partial charge in [-0.2, -0.15) is 0 Å². The Morgan fingerprint density at radius 1 is 1.47 bits per heavy atom. The first-order chi connectivity index (χ1) is 7.27. The van der Waals surface area contributed by atoms with E-state index in [0.29, 0.717) is 16.7 Å². The quantitative estimate of drug-likeness (QED) is 0.802. The molecule has 4 heteroatoms. The summed E-state index contributed by atoms with van der Waals surface area (Å²) in [5.74, 6) is 0.304. The van der Waals surface area contributed by atoms with Crippen molar-refractivity contribution in [2.24, 2.45) is 0 Å². The number of carbonyl (C=O) groups is 1. The van der Waals surface area contributed by atoms with E-state index in [9.17, 15) is 4.79 Å². The third kappa shape index (κ3) is 2.33. The van der Waals surface area contributed by atoms with Gasteiger partial charge in [-0.3, -0.25) is 9.78 Å². The summed E-state index contributed by atoms with van der Waals surface area (Å²) >= 11 is 3.25. The van der Waals surface area contributed by atoms with Gasteiger partial charge in [0.25, 0.3) is 0 Å². The van der Waals surface area contributed by atoms with Crippen LogP contribution < -0.4 is 0 Å². The molecule has 0 aromatic carbocycles. The molecule has 2 aromatic heterocycles. The fourth-order valence-electron chi connectivity index (χ4n) is 1.26. The number of halogens is 1. The molecule has 76 valence electrons. The SMILES string of the molecule is O=C(Cc1cccnc1)c1occc1Br. The van der Waals surface area contributed by atoms with Gasteiger partial charge in [0.05, 0.1) is 10.7 Å². The van der Waals surface area contributed by atoms with Crippen molar-refractivity contribution in [2.45, 2.75) is 6.42 Å². The third-order valence-electron chi connectivity index (χ3n) is 1.96. The summed E-state index contributed by atoms with van der Waals surface area (Å²) in [6, 6.07) is 5.37. The monoisotopic (exact) mass is 265 g/mol. The fourth-order valence-corrected chi connectivity index (χ4v) is 1.68. The molecule has 0 radical (unpaired) electrons. The van der Waals surface area contributed by atoms with Crippen molar-refractivity contribution in [1.82, 2.24) is 4.98 Å². The normalized spacial score (nSPS) is 10.2. The fraction of sp³-hybridized carbons (Fsp3) is 0.0909. The summed E-state index contributed by atoms with van der Waals surface area (Å²) in [6.45, 7) is 0. The van der Waals surface area contributed by atoms with Crippen molar-refractivity contribution in [3.63, 3.8) is 0 Å². The van der Waals surface area contributed by atoms with E-state index in [0.717, 1.165) is 5.56 Å². The zero-order valence-corrected chi connectivity index (χ0v) is 9.40. The standard InChI is InChI=1S/C11H8BrNO2/c12-9-3-5-15-11(9)10(14)6-8-2-1-4-13-7-8/h1-5,7H,6H2. The summed E-state index contributed by atoms with van der Waals surface area (Å²) in [5.41, 5.74) is 0.880. The van der Waals surface area contributed by atoms with Crippen molar-refractivity contribution in [1.29, 1.82) is 0 Å². The number of Topliss-reactive ketones (excluding diaryl/α,β-unsaturated/α-hetero) is 1. The van der Waals surface area contributed by atoms with Gasteiger partial charge in [0.15, 0.2) is 5.76 Å². The van der Waals surface area contributed by atoms with Gasteiger partial charge in [0.1, 0.15) is 0 Å². The van der Waals surface area contributed by atoms with Gasteiger partial charge >= 0.3 is 0 Å². The molecule has 0 spiro atoms. The predicted octanol–water partition coefficient (Wildman–Crippen LogP) is 2.86. The van der Waals surface area contributed by atoms with Crippen molar-refractivity contribution in [3.05, 3.63) is 52.7 Å². The third-order valence-corrected chi connectivity index (χ3v) is 2.58. The average Bonchev–Trinajstić information content (AvgIpc) is 2.66. The topological polar surface area (TPSA) is 43.1 Å². The Bertz CT molecular complexity index is 464. The molecule has 0 aliphatic rings. The Kier molecular flexibility index (Phi) is 2.97. The molecule has 0 aliphatic heterocycles. The van der Waals surface area contributed by atoms with Crippen molar-refractivity contribution in [2.75, 3.05) is 0 Å². The second-order valence-electron chi connectivity index (χ2n) is 3.06. The molecule has 0 fully saturated rings. The highest BCUT2D eigenvalue weighted by molar-refractivity contribution is 9.10. The number of pyridine rings is 1. The van der Waals surface area contributed by atoms with Crippen LogP contribution in [0.5, 0.6) is 0 Å². The first kappa shape index (κ1) is 10.1. The van der Waals surface area contributed by atoms with Gasteiger partial charge < -0.3 is 4.42 Å². The van der Waals surface area contributed by atoms with Crippen LogP contribution in [-0.4, -0.2) is 10.8 Å². The predicted molar refractivity (Wildman–Crippen MR) is 58.7 cm³/mol. The Morgan fingerprint density at radius 3 is 2.93 bits per heavy atom. The minimum atomic E-state index is -0.0557. The molecule has 2 aromatic rings. The number of ketones is 1. The van der Waals surface area contributed by atoms with E-state index < -0.39 is 0 Å². The van der Waals surface area contributed by atoms with Crippen molar-refractivity contribution in [3.8, 4) is 0 Å². The molecule has 0 amide bonds. The number of carbonyl (C=O) groups excluding carboxylic acids is 1. The summed E-state index contributed by atoms with van der Waals surface area (Å²) in [6.07, 6.45) is 5.14. The maximum absolute atomic E-state index is 11.7. The highest BCUT2D eigenvalue weighted by Crippen LogP contribution is 2.19. The Balaban J connectivity index is 2.15. The first-order valence-corrected chi connectivity index (χ1v) is 5.22. The van der Waals surface area contributed by atoms with Crippen molar-refractivity contribution < 1.29 is 9.21 Å². The van der Waals surface area contributed by atoms with Gasteiger partial charge in [0.2, 0.25) is 5.78 Å². The maximum Gasteiger partial charge on any atom is 0.203 e. The number of hydrogen-bond donors (Lipinski definition) is 0. The zero-order valence-electron chi connectivity index (χ0n) is 7.81. The summed E-state index contributed by atoms with van der Waals surface area (Å²) in [7, 11) is 0. The molecule has 2 rings (SSSR count). The lowest BCUT2D eigenvalue weighted by atomic mass is 10.1. The molecule has 15 heavy (non-hydrogen) atoms. The average molecular weight is 266 g/mol. The summed E-state index contributed by atoms with van der Waals surface area (Å²) in [4.78, 5) is 15.7. The molecule has 0 unspecified atom stereocenters. The van der Waals surface area contributed by atoms with E-state index in [4.69, 9.17) is 4.42 Å². The summed E-state index contributed by atoms with van der Waals surface area (Å²) in [5, 5.41) is 0. The number of furan rings is 1. The van der Waals surface area contributed by atoms with Gasteiger partial charge in [-0.15, -0.1) is 0 Å². The molecule has 0 atom stereocenters. The number of nitrogens with zero attached hydrogens (tertiary/aromatic N) is 1. The summed E-state index contributed by atoms with van der Waals surface area (Å²) < 4.78 is 5.77. The van der Waals surface area contributed by atoms with Crippen LogP contribution >= 0.6 is 15.9 Å². The highest BCUT2D eigenvalue weighted by Gasteiger charge is 2.13. The van der Waals surface area contributed by atoms with Crippen LogP contribution in [0.2, 0.25) is 0 Å². The van der Waals surface area contributed by atoms with Crippen LogP contribution in [0.1, 0.15) is 16.1 Å². The Labute approximate surface area is 95.3 Å². The second-order valence-corrected chi connectivity index (χ2v) is 3.91. The van der Waals surface area contributed by atoms with Crippen LogP contribution in [0, 0.1) is 0 Å². The van der Waals surface area contributed by atoms with Gasteiger partial charge in [-0.25, -0.2) is 0 Å². The zero-order chi connectivity index (χ0) is 10.7. The molecule has 0 saturated carbocycles. The number of rotatable bonds is 3. The smallest absolute Gasteiger partial charge is 0.203 e. The molecule has 3 nitrogen and oxygen atoms in total. The molecule has 2 heterocycles. The minimum absolute atomic E-state index is 0.0557. The van der Waals surface area contributed by atoms with Crippen LogP contribution in [0.3, 0.4) is 0 Å². The van der Waals surface area contributed by atoms with Crippen LogP contribution in [0.15, 0.2) is 45.7 Å². The first-order valence-electron chi connectivity index (χ1n) is 4.42. The van der Waals surface area contributed by atoms with Gasteiger partial charge in [0, 0.05) is 18.8 Å². The largest absolute Gasteiger partial charge is 0.460 e. The molecule has 0 aliphatic carbocycles. The van der Waals surface area contributed by atoms with E-state index >= 15 is 0 Å². The lowest BCUT2D eigenvalue weighted by Crippen LogP contribution is -2.02. The number of aromatic nitrogens is 1. The van der Waals surface area contributed by atoms with E-state index in [-0.39, 0.29) is 5.78 Å². The van der Waals surface area contributed by atoms with E-state index in [1.807, 2.05) is 6.07 Å². The number of hydrogen-bond acceptors (Lipinski definition) is 3. The molecule has 0 bridgehead atoms. The van der Waals surface area contributed by atoms with E-state index in [1.54, 1.807) is 24.5 Å². The van der Waals surface area contributed by atoms with Crippen molar-refractivity contribution >= 4 is 21.7 Å². The Morgan fingerprint density at radius 2 is 2.33 bits per heavy atom. The molecule has 0 saturated heterocycles. The van der Waals surface area contributed by atoms with E-state index in [1.165, 1.54) is 6.26 Å². The lowest BCUT2D eigenvalue weighted by Gasteiger charge is -1.98. The maximum atomic E-state index is 11.7. The van der Waals surface area contributed by atoms with Crippen LogP contribution in [0.25, 0.3) is 0 Å². The van der Waals surface area contributed by atoms with Gasteiger partial charge in [-0.05, 0) is 33.6 Å². The lowest BCUT2D eigenvalue weighted by molar-refractivity contribution is 0.0965. The van der Waals surface area contributed by atoms with E-state index in [2.05, 4.69) is 20.9 Å². The molecule has 0 N–H and O–H groups in total. The Hall–Kier alpha value is -1.42. The second kappa shape index (κ2) is 4.40. The minimum Gasteiger partial charge on any atom is -0.460 e. The van der Waals surface area contributed by atoms with Crippen LogP contribution in [0.4, 0.5) is 0 Å².